The number of rotatable bonds is 3. The molecule has 2 rings (SSSR count). The maximum atomic E-state index is 12.0. The fourth-order valence-corrected chi connectivity index (χ4v) is 1.79. The highest BCUT2D eigenvalue weighted by atomic mass is 16.3. The molecule has 3 heteroatoms. The van der Waals surface area contributed by atoms with Crippen LogP contribution in [0.5, 0.6) is 5.75 Å². The summed E-state index contributed by atoms with van der Waals surface area (Å²) in [7, 11) is 0. The van der Waals surface area contributed by atoms with Crippen molar-refractivity contribution in [2.75, 3.05) is 5.32 Å². The van der Waals surface area contributed by atoms with Crippen LogP contribution in [0.3, 0.4) is 0 Å². The van der Waals surface area contributed by atoms with Gasteiger partial charge < -0.3 is 10.4 Å². The van der Waals surface area contributed by atoms with Gasteiger partial charge in [-0.3, -0.25) is 4.79 Å². The number of aromatic hydroxyl groups is 1. The first-order valence-corrected chi connectivity index (χ1v) is 6.27. The fraction of sp³-hybridized carbons (Fsp3) is 0.188. The largest absolute Gasteiger partial charge is 0.506 e. The Balaban J connectivity index is 2.14. The highest BCUT2D eigenvalue weighted by Crippen LogP contribution is 2.22. The van der Waals surface area contributed by atoms with Crippen LogP contribution in [0.15, 0.2) is 48.5 Å². The van der Waals surface area contributed by atoms with Gasteiger partial charge in [-0.15, -0.1) is 0 Å². The third-order valence-corrected chi connectivity index (χ3v) is 2.99. The van der Waals surface area contributed by atoms with E-state index in [-0.39, 0.29) is 11.7 Å². The summed E-state index contributed by atoms with van der Waals surface area (Å²) in [5.41, 5.74) is 2.19. The minimum absolute atomic E-state index is 0.0645. The topological polar surface area (TPSA) is 49.3 Å². The molecule has 0 saturated heterocycles. The second-order valence-corrected chi connectivity index (χ2v) is 4.75. The number of para-hydroxylation sites is 2. The molecule has 0 unspecified atom stereocenters. The van der Waals surface area contributed by atoms with Crippen LogP contribution < -0.4 is 5.32 Å². The molecule has 0 atom stereocenters. The molecule has 0 fully saturated rings. The number of hydrogen-bond donors (Lipinski definition) is 2. The SMILES string of the molecule is CC(C)c1ccc(C(=O)Nc2ccccc2O)cc1. The van der Waals surface area contributed by atoms with E-state index in [9.17, 15) is 9.90 Å². The summed E-state index contributed by atoms with van der Waals surface area (Å²) in [6, 6.07) is 14.2. The molecule has 0 radical (unpaired) electrons. The summed E-state index contributed by atoms with van der Waals surface area (Å²) in [5.74, 6) is 0.279. The molecule has 0 aliphatic heterocycles. The summed E-state index contributed by atoms with van der Waals surface area (Å²) in [6.07, 6.45) is 0. The first-order chi connectivity index (χ1) is 9.08. The van der Waals surface area contributed by atoms with Crippen LogP contribution in [-0.4, -0.2) is 11.0 Å². The van der Waals surface area contributed by atoms with E-state index in [0.717, 1.165) is 0 Å². The zero-order valence-electron chi connectivity index (χ0n) is 11.1. The Bertz CT molecular complexity index is 574. The van der Waals surface area contributed by atoms with Gasteiger partial charge in [0.25, 0.3) is 5.91 Å². The molecular weight excluding hydrogens is 238 g/mol. The number of phenolic OH excluding ortho intramolecular Hbond substituents is 1. The quantitative estimate of drug-likeness (QED) is 0.820. The van der Waals surface area contributed by atoms with Crippen molar-refractivity contribution in [3.05, 3.63) is 59.7 Å². The van der Waals surface area contributed by atoms with Crippen molar-refractivity contribution in [1.82, 2.24) is 0 Å². The fourth-order valence-electron chi connectivity index (χ4n) is 1.79. The number of phenols is 1. The molecule has 2 N–H and O–H groups in total. The van der Waals surface area contributed by atoms with Crippen molar-refractivity contribution in [3.8, 4) is 5.75 Å². The van der Waals surface area contributed by atoms with Crippen LogP contribution >= 0.6 is 0 Å². The Morgan fingerprint density at radius 3 is 2.26 bits per heavy atom. The number of carbonyl (C=O) groups excluding carboxylic acids is 1. The first-order valence-electron chi connectivity index (χ1n) is 6.27. The van der Waals surface area contributed by atoms with Crippen LogP contribution in [-0.2, 0) is 0 Å². The maximum absolute atomic E-state index is 12.0. The molecule has 2 aromatic rings. The molecule has 0 aromatic heterocycles. The van der Waals surface area contributed by atoms with Crippen LogP contribution in [0, 0.1) is 0 Å². The summed E-state index contributed by atoms with van der Waals surface area (Å²) < 4.78 is 0. The van der Waals surface area contributed by atoms with Crippen LogP contribution in [0.4, 0.5) is 5.69 Å². The second kappa shape index (κ2) is 5.57. The zero-order chi connectivity index (χ0) is 13.8. The number of amides is 1. The van der Waals surface area contributed by atoms with Gasteiger partial charge in [0.05, 0.1) is 5.69 Å². The summed E-state index contributed by atoms with van der Waals surface area (Å²) in [5, 5.41) is 12.3. The second-order valence-electron chi connectivity index (χ2n) is 4.75. The van der Waals surface area contributed by atoms with Gasteiger partial charge in [0.1, 0.15) is 5.75 Å². The molecule has 0 aliphatic carbocycles. The van der Waals surface area contributed by atoms with E-state index in [1.807, 2.05) is 12.1 Å². The first kappa shape index (κ1) is 13.1. The van der Waals surface area contributed by atoms with Crippen molar-refractivity contribution in [1.29, 1.82) is 0 Å². The normalized spacial score (nSPS) is 10.5. The smallest absolute Gasteiger partial charge is 0.255 e. The predicted molar refractivity (Wildman–Crippen MR) is 76.6 cm³/mol. The van der Waals surface area contributed by atoms with Crippen molar-refractivity contribution < 1.29 is 9.90 Å². The Labute approximate surface area is 112 Å². The van der Waals surface area contributed by atoms with Crippen LogP contribution in [0.1, 0.15) is 35.7 Å². The van der Waals surface area contributed by atoms with Crippen LogP contribution in [0.25, 0.3) is 0 Å². The lowest BCUT2D eigenvalue weighted by atomic mass is 10.0. The van der Waals surface area contributed by atoms with E-state index in [2.05, 4.69) is 19.2 Å². The maximum Gasteiger partial charge on any atom is 0.255 e. The molecule has 0 heterocycles. The molecule has 2 aromatic carbocycles. The average Bonchev–Trinajstić information content (AvgIpc) is 2.41. The molecule has 1 amide bonds. The molecule has 3 nitrogen and oxygen atoms in total. The van der Waals surface area contributed by atoms with Gasteiger partial charge in [-0.05, 0) is 35.7 Å². The molecule has 0 saturated carbocycles. The third kappa shape index (κ3) is 3.13. The van der Waals surface area contributed by atoms with Gasteiger partial charge in [0, 0.05) is 5.56 Å². The van der Waals surface area contributed by atoms with E-state index in [1.165, 1.54) is 11.6 Å². The van der Waals surface area contributed by atoms with Crippen molar-refractivity contribution in [3.63, 3.8) is 0 Å². The van der Waals surface area contributed by atoms with E-state index < -0.39 is 0 Å². The number of hydrogen-bond acceptors (Lipinski definition) is 2. The Morgan fingerprint density at radius 2 is 1.68 bits per heavy atom. The lowest BCUT2D eigenvalue weighted by molar-refractivity contribution is 0.102. The lowest BCUT2D eigenvalue weighted by Gasteiger charge is -2.09. The molecule has 0 spiro atoms. The van der Waals surface area contributed by atoms with Gasteiger partial charge in [0.2, 0.25) is 0 Å². The van der Waals surface area contributed by atoms with Gasteiger partial charge in [0.15, 0.2) is 0 Å². The number of benzene rings is 2. The molecule has 98 valence electrons. The van der Waals surface area contributed by atoms with Gasteiger partial charge >= 0.3 is 0 Å². The Morgan fingerprint density at radius 1 is 1.05 bits per heavy atom. The minimum atomic E-state index is -0.225. The van der Waals surface area contributed by atoms with Crippen molar-refractivity contribution in [2.24, 2.45) is 0 Å². The summed E-state index contributed by atoms with van der Waals surface area (Å²) in [6.45, 7) is 4.22. The number of carbonyl (C=O) groups is 1. The van der Waals surface area contributed by atoms with Gasteiger partial charge in [-0.2, -0.15) is 0 Å². The minimum Gasteiger partial charge on any atom is -0.506 e. The monoisotopic (exact) mass is 255 g/mol. The zero-order valence-corrected chi connectivity index (χ0v) is 11.1. The summed E-state index contributed by atoms with van der Waals surface area (Å²) in [4.78, 5) is 12.0. The third-order valence-electron chi connectivity index (χ3n) is 2.99. The predicted octanol–water partition coefficient (Wildman–Crippen LogP) is 3.77. The number of nitrogens with one attached hydrogen (secondary N) is 1. The highest BCUT2D eigenvalue weighted by Gasteiger charge is 2.08. The Hall–Kier alpha value is -2.29. The average molecular weight is 255 g/mol. The van der Waals surface area contributed by atoms with Crippen molar-refractivity contribution in [2.45, 2.75) is 19.8 Å². The van der Waals surface area contributed by atoms with E-state index >= 15 is 0 Å². The molecule has 0 bridgehead atoms. The lowest BCUT2D eigenvalue weighted by Crippen LogP contribution is -2.11. The molecule has 19 heavy (non-hydrogen) atoms. The van der Waals surface area contributed by atoms with E-state index in [4.69, 9.17) is 0 Å². The van der Waals surface area contributed by atoms with Gasteiger partial charge in [-0.1, -0.05) is 38.1 Å². The van der Waals surface area contributed by atoms with E-state index in [1.54, 1.807) is 30.3 Å². The highest BCUT2D eigenvalue weighted by molar-refractivity contribution is 6.04. The standard InChI is InChI=1S/C16H17NO2/c1-11(2)12-7-9-13(10-8-12)16(19)17-14-5-3-4-6-15(14)18/h3-11,18H,1-2H3,(H,17,19). The summed E-state index contributed by atoms with van der Waals surface area (Å²) >= 11 is 0. The number of anilines is 1. The molecular formula is C16H17NO2. The van der Waals surface area contributed by atoms with Gasteiger partial charge in [-0.25, -0.2) is 0 Å². The Kier molecular flexibility index (Phi) is 3.85. The van der Waals surface area contributed by atoms with E-state index in [0.29, 0.717) is 17.2 Å². The van der Waals surface area contributed by atoms with Crippen LogP contribution in [0.2, 0.25) is 0 Å². The van der Waals surface area contributed by atoms with Crippen molar-refractivity contribution >= 4 is 11.6 Å². The molecule has 0 aliphatic rings.